The summed E-state index contributed by atoms with van der Waals surface area (Å²) in [4.78, 5) is 50.6. The first-order chi connectivity index (χ1) is 21.3. The number of benzene rings is 1. The Balaban J connectivity index is 1.70. The Morgan fingerprint density at radius 1 is 1.07 bits per heavy atom. The molecular weight excluding hydrogens is 589 g/mol. The second-order valence-electron chi connectivity index (χ2n) is 10.8. The fourth-order valence-electron chi connectivity index (χ4n) is 5.15. The van der Waals surface area contributed by atoms with Gasteiger partial charge in [-0.15, -0.1) is 0 Å². The van der Waals surface area contributed by atoms with Crippen LogP contribution in [0, 0.1) is 13.8 Å². The lowest BCUT2D eigenvalue weighted by Gasteiger charge is -2.40. The number of aryl methyl sites for hydroxylation is 2. The minimum Gasteiger partial charge on any atom is -0.482 e. The molecule has 2 aromatic heterocycles. The number of pyridine rings is 2. The molecule has 1 aliphatic heterocycles. The van der Waals surface area contributed by atoms with Crippen LogP contribution in [0.15, 0.2) is 61.4 Å². The summed E-state index contributed by atoms with van der Waals surface area (Å²) in [6, 6.07) is 8.03. The molecule has 3 heterocycles. The minimum absolute atomic E-state index is 0.00929. The van der Waals surface area contributed by atoms with Crippen LogP contribution in [0.4, 0.5) is 19.0 Å². The number of hydrogen-bond acceptors (Lipinski definition) is 7. The third-order valence-electron chi connectivity index (χ3n) is 7.59. The molecule has 0 saturated carbocycles. The number of hydrogen-bond donors (Lipinski definition) is 2. The zero-order chi connectivity index (χ0) is 32.9. The lowest BCUT2D eigenvalue weighted by atomic mass is 10.0. The van der Waals surface area contributed by atoms with Gasteiger partial charge in [-0.05, 0) is 68.3 Å². The van der Waals surface area contributed by atoms with E-state index in [1.54, 1.807) is 37.1 Å². The van der Waals surface area contributed by atoms with Gasteiger partial charge in [0.2, 0.25) is 5.91 Å². The van der Waals surface area contributed by atoms with Gasteiger partial charge in [0.05, 0.1) is 16.8 Å². The van der Waals surface area contributed by atoms with Crippen molar-refractivity contribution in [2.45, 2.75) is 39.1 Å². The molecule has 10 nitrogen and oxygen atoms in total. The van der Waals surface area contributed by atoms with Crippen molar-refractivity contribution < 1.29 is 32.3 Å². The van der Waals surface area contributed by atoms with Crippen molar-refractivity contribution in [1.29, 1.82) is 0 Å². The number of halogens is 3. The van der Waals surface area contributed by atoms with E-state index in [2.05, 4.69) is 27.2 Å². The largest absolute Gasteiger partial charge is 0.482 e. The van der Waals surface area contributed by atoms with Crippen molar-refractivity contribution in [3.05, 3.63) is 95.0 Å². The number of amides is 3. The first-order valence-corrected chi connectivity index (χ1v) is 14.3. The van der Waals surface area contributed by atoms with Crippen LogP contribution in [0.5, 0.6) is 5.75 Å². The molecule has 0 aliphatic carbocycles. The van der Waals surface area contributed by atoms with E-state index in [1.807, 2.05) is 11.8 Å². The molecule has 45 heavy (non-hydrogen) atoms. The van der Waals surface area contributed by atoms with E-state index in [0.717, 1.165) is 23.9 Å². The highest BCUT2D eigenvalue weighted by molar-refractivity contribution is 6.07. The standard InChI is InChI=1S/C32H35F3N6O4/c1-6-28(42)41-13-12-40(17-21(41)4)18-27(25-15-22(9-11-37-25)32(33,34)35)45-26-14-20(3)23(16-24(26)30(43)36-5)31(44)39-29-19(2)8-7-10-38-29/h6-11,14-16,21,27H,1,12-13,17-18H2,2-5H3,(H,36,43)(H,38,39,44)/t21-,27-/m1/s1. The van der Waals surface area contributed by atoms with Crippen LogP contribution in [0.2, 0.25) is 0 Å². The van der Waals surface area contributed by atoms with E-state index in [4.69, 9.17) is 4.74 Å². The van der Waals surface area contributed by atoms with Crippen LogP contribution < -0.4 is 15.4 Å². The summed E-state index contributed by atoms with van der Waals surface area (Å²) in [7, 11) is 1.42. The van der Waals surface area contributed by atoms with E-state index in [-0.39, 0.29) is 41.1 Å². The van der Waals surface area contributed by atoms with E-state index < -0.39 is 29.7 Å². The quantitative estimate of drug-likeness (QED) is 0.335. The van der Waals surface area contributed by atoms with Gasteiger partial charge in [0.25, 0.3) is 11.8 Å². The summed E-state index contributed by atoms with van der Waals surface area (Å²) in [5, 5.41) is 5.28. The highest BCUT2D eigenvalue weighted by atomic mass is 19.4. The Labute approximate surface area is 259 Å². The molecule has 4 rings (SSSR count). The summed E-state index contributed by atoms with van der Waals surface area (Å²) < 4.78 is 47.3. The van der Waals surface area contributed by atoms with Gasteiger partial charge in [0.15, 0.2) is 6.10 Å². The molecule has 1 saturated heterocycles. The van der Waals surface area contributed by atoms with Crippen molar-refractivity contribution in [3.8, 4) is 5.75 Å². The fourth-order valence-corrected chi connectivity index (χ4v) is 5.15. The van der Waals surface area contributed by atoms with Gasteiger partial charge < -0.3 is 20.3 Å². The smallest absolute Gasteiger partial charge is 0.416 e. The zero-order valence-electron chi connectivity index (χ0n) is 25.4. The number of anilines is 1. The Hall–Kier alpha value is -4.78. The minimum atomic E-state index is -4.61. The van der Waals surface area contributed by atoms with Crippen molar-refractivity contribution in [3.63, 3.8) is 0 Å². The topological polar surface area (TPSA) is 117 Å². The molecule has 3 amide bonds. The maximum absolute atomic E-state index is 13.7. The van der Waals surface area contributed by atoms with Gasteiger partial charge in [-0.25, -0.2) is 4.98 Å². The normalized spacial score (nSPS) is 16.1. The molecule has 2 N–H and O–H groups in total. The number of alkyl halides is 3. The van der Waals surface area contributed by atoms with Crippen LogP contribution in [0.25, 0.3) is 0 Å². The van der Waals surface area contributed by atoms with Gasteiger partial charge in [-0.3, -0.25) is 24.3 Å². The molecule has 1 aliphatic rings. The lowest BCUT2D eigenvalue weighted by molar-refractivity contribution is -0.137. The molecule has 1 fully saturated rings. The first kappa shape index (κ1) is 33.1. The predicted octanol–water partition coefficient (Wildman–Crippen LogP) is 4.56. The molecule has 0 spiro atoms. The third-order valence-corrected chi connectivity index (χ3v) is 7.59. The summed E-state index contributed by atoms with van der Waals surface area (Å²) >= 11 is 0. The van der Waals surface area contributed by atoms with E-state index in [9.17, 15) is 27.6 Å². The number of carbonyl (C=O) groups excluding carboxylic acids is 3. The van der Waals surface area contributed by atoms with E-state index in [0.29, 0.717) is 31.0 Å². The average Bonchev–Trinajstić information content (AvgIpc) is 3.01. The number of rotatable bonds is 9. The molecule has 0 radical (unpaired) electrons. The van der Waals surface area contributed by atoms with Gasteiger partial charge in [0, 0.05) is 57.2 Å². The van der Waals surface area contributed by atoms with Crippen molar-refractivity contribution in [2.75, 3.05) is 38.5 Å². The van der Waals surface area contributed by atoms with Crippen LogP contribution >= 0.6 is 0 Å². The van der Waals surface area contributed by atoms with E-state index >= 15 is 0 Å². The summed E-state index contributed by atoms with van der Waals surface area (Å²) in [5.74, 6) is -0.835. The molecule has 13 heteroatoms. The molecular formula is C32H35F3N6O4. The highest BCUT2D eigenvalue weighted by Gasteiger charge is 2.34. The molecule has 3 aromatic rings. The van der Waals surface area contributed by atoms with Crippen LogP contribution in [0.3, 0.4) is 0 Å². The maximum atomic E-state index is 13.7. The molecule has 0 bridgehead atoms. The highest BCUT2D eigenvalue weighted by Crippen LogP contribution is 2.33. The maximum Gasteiger partial charge on any atom is 0.416 e. The van der Waals surface area contributed by atoms with Gasteiger partial charge >= 0.3 is 6.18 Å². The van der Waals surface area contributed by atoms with Gasteiger partial charge in [0.1, 0.15) is 11.6 Å². The van der Waals surface area contributed by atoms with Crippen LogP contribution in [-0.2, 0) is 11.0 Å². The SMILES string of the molecule is C=CC(=O)N1CCN(C[C@@H](Oc2cc(C)c(C(=O)Nc3ncccc3C)cc2C(=O)NC)c2cc(C(F)(F)F)ccn2)C[C@H]1C. The van der Waals surface area contributed by atoms with Crippen molar-refractivity contribution in [2.24, 2.45) is 0 Å². The second-order valence-corrected chi connectivity index (χ2v) is 10.8. The molecule has 0 unspecified atom stereocenters. The summed E-state index contributed by atoms with van der Waals surface area (Å²) in [6.45, 7) is 10.2. The zero-order valence-corrected chi connectivity index (χ0v) is 25.4. The predicted molar refractivity (Wildman–Crippen MR) is 162 cm³/mol. The Morgan fingerprint density at radius 3 is 2.47 bits per heavy atom. The van der Waals surface area contributed by atoms with Crippen LogP contribution in [0.1, 0.15) is 56.1 Å². The Bertz CT molecular complexity index is 1600. The number of ether oxygens (including phenoxy) is 1. The fraction of sp³-hybridized carbons (Fsp3) is 0.344. The van der Waals surface area contributed by atoms with Gasteiger partial charge in [-0.2, -0.15) is 13.2 Å². The van der Waals surface area contributed by atoms with Gasteiger partial charge in [-0.1, -0.05) is 12.6 Å². The monoisotopic (exact) mass is 624 g/mol. The molecule has 1 aromatic carbocycles. The second kappa shape index (κ2) is 13.9. The number of nitrogens with zero attached hydrogens (tertiary/aromatic N) is 4. The van der Waals surface area contributed by atoms with Crippen LogP contribution in [-0.4, -0.2) is 76.8 Å². The number of piperazine rings is 1. The summed E-state index contributed by atoms with van der Waals surface area (Å²) in [6.07, 6.45) is -1.80. The van der Waals surface area contributed by atoms with Crippen molar-refractivity contribution >= 4 is 23.5 Å². The first-order valence-electron chi connectivity index (χ1n) is 14.3. The number of nitrogens with one attached hydrogen (secondary N) is 2. The Morgan fingerprint density at radius 2 is 1.82 bits per heavy atom. The number of carbonyl (C=O) groups is 3. The third kappa shape index (κ3) is 7.85. The summed E-state index contributed by atoms with van der Waals surface area (Å²) in [5.41, 5.74) is 0.528. The Kier molecular flexibility index (Phi) is 10.2. The van der Waals surface area contributed by atoms with E-state index in [1.165, 1.54) is 25.3 Å². The average molecular weight is 625 g/mol. The molecule has 238 valence electrons. The molecule has 2 atom stereocenters. The van der Waals surface area contributed by atoms with Crippen molar-refractivity contribution in [1.82, 2.24) is 25.1 Å². The number of aromatic nitrogens is 2. The lowest BCUT2D eigenvalue weighted by Crippen LogP contribution is -2.54.